The van der Waals surface area contributed by atoms with Gasteiger partial charge in [0.15, 0.2) is 0 Å². The summed E-state index contributed by atoms with van der Waals surface area (Å²) in [6, 6.07) is 9.35. The van der Waals surface area contributed by atoms with Crippen LogP contribution in [-0.4, -0.2) is 30.7 Å². The van der Waals surface area contributed by atoms with Gasteiger partial charge in [0, 0.05) is 18.0 Å². The van der Waals surface area contributed by atoms with Crippen LogP contribution in [0.5, 0.6) is 0 Å². The van der Waals surface area contributed by atoms with Crippen LogP contribution >= 0.6 is 11.8 Å². The van der Waals surface area contributed by atoms with Crippen molar-refractivity contribution in [3.8, 4) is 6.07 Å². The first kappa shape index (κ1) is 20.3. The number of benzene rings is 1. The first-order chi connectivity index (χ1) is 12.6. The van der Waals surface area contributed by atoms with Crippen LogP contribution < -0.4 is 10.6 Å². The van der Waals surface area contributed by atoms with Crippen LogP contribution in [0.1, 0.15) is 49.4 Å². The van der Waals surface area contributed by atoms with Crippen LogP contribution in [0.25, 0.3) is 0 Å². The molecule has 1 aliphatic rings. The molecule has 1 unspecified atom stereocenters. The molecule has 0 aromatic heterocycles. The van der Waals surface area contributed by atoms with E-state index in [-0.39, 0.29) is 17.7 Å². The van der Waals surface area contributed by atoms with E-state index >= 15 is 0 Å². The second-order valence-corrected chi connectivity index (χ2v) is 7.85. The van der Waals surface area contributed by atoms with E-state index in [0.717, 1.165) is 11.4 Å². The highest BCUT2D eigenvalue weighted by molar-refractivity contribution is 8.00. The maximum atomic E-state index is 12.3. The number of amides is 2. The Labute approximate surface area is 159 Å². The Morgan fingerprint density at radius 1 is 1.23 bits per heavy atom. The van der Waals surface area contributed by atoms with E-state index in [1.54, 1.807) is 19.1 Å². The molecule has 0 bridgehead atoms. The van der Waals surface area contributed by atoms with Crippen LogP contribution in [0.3, 0.4) is 0 Å². The summed E-state index contributed by atoms with van der Waals surface area (Å²) >= 11 is 1.37. The zero-order valence-corrected chi connectivity index (χ0v) is 16.1. The molecule has 5 nitrogen and oxygen atoms in total. The molecule has 1 atom stereocenters. The van der Waals surface area contributed by atoms with Crippen molar-refractivity contribution in [1.29, 1.82) is 5.26 Å². The van der Waals surface area contributed by atoms with Gasteiger partial charge in [-0.05, 0) is 37.8 Å². The molecule has 1 aromatic rings. The van der Waals surface area contributed by atoms with Gasteiger partial charge in [0.05, 0.1) is 23.3 Å². The third-order valence-electron chi connectivity index (χ3n) is 4.59. The molecule has 1 fully saturated rings. The van der Waals surface area contributed by atoms with Crippen molar-refractivity contribution in [1.82, 2.24) is 10.6 Å². The predicted octanol–water partition coefficient (Wildman–Crippen LogP) is 3.36. The van der Waals surface area contributed by atoms with Gasteiger partial charge in [0.25, 0.3) is 5.91 Å². The Morgan fingerprint density at radius 2 is 1.96 bits per heavy atom. The van der Waals surface area contributed by atoms with Gasteiger partial charge < -0.3 is 10.6 Å². The third-order valence-corrected chi connectivity index (χ3v) is 5.67. The van der Waals surface area contributed by atoms with Crippen molar-refractivity contribution in [2.45, 2.75) is 43.9 Å². The SMILES string of the molecule is CC(C#N)CNC(=O)c1ccccc1SCC(=O)NCC1CCCCC1. The highest BCUT2D eigenvalue weighted by atomic mass is 32.2. The quantitative estimate of drug-likeness (QED) is 0.685. The molecule has 0 spiro atoms. The number of carbonyl (C=O) groups excluding carboxylic acids is 2. The average Bonchev–Trinajstić information content (AvgIpc) is 2.69. The van der Waals surface area contributed by atoms with Crippen molar-refractivity contribution in [3.63, 3.8) is 0 Å². The number of hydrogen-bond donors (Lipinski definition) is 2. The van der Waals surface area contributed by atoms with Gasteiger partial charge in [0.2, 0.25) is 5.91 Å². The summed E-state index contributed by atoms with van der Waals surface area (Å²) in [5, 5.41) is 14.6. The fraction of sp³-hybridized carbons (Fsp3) is 0.550. The number of carbonyl (C=O) groups is 2. The number of thioether (sulfide) groups is 1. The molecule has 6 heteroatoms. The van der Waals surface area contributed by atoms with E-state index in [1.165, 1.54) is 43.9 Å². The number of nitrogens with one attached hydrogen (secondary N) is 2. The first-order valence-electron chi connectivity index (χ1n) is 9.26. The minimum absolute atomic E-state index is 0.00823. The van der Waals surface area contributed by atoms with Gasteiger partial charge in [0.1, 0.15) is 0 Å². The molecule has 0 saturated heterocycles. The van der Waals surface area contributed by atoms with Crippen molar-refractivity contribution >= 4 is 23.6 Å². The smallest absolute Gasteiger partial charge is 0.252 e. The minimum Gasteiger partial charge on any atom is -0.355 e. The highest BCUT2D eigenvalue weighted by Crippen LogP contribution is 2.24. The summed E-state index contributed by atoms with van der Waals surface area (Å²) in [6.45, 7) is 2.83. The Morgan fingerprint density at radius 3 is 2.69 bits per heavy atom. The predicted molar refractivity (Wildman–Crippen MR) is 104 cm³/mol. The molecular formula is C20H27N3O2S. The van der Waals surface area contributed by atoms with E-state index in [9.17, 15) is 9.59 Å². The molecule has 2 rings (SSSR count). The largest absolute Gasteiger partial charge is 0.355 e. The molecule has 2 N–H and O–H groups in total. The fourth-order valence-corrected chi connectivity index (χ4v) is 3.89. The molecule has 2 amide bonds. The molecule has 1 aromatic carbocycles. The summed E-state index contributed by atoms with van der Waals surface area (Å²) in [5.74, 6) is 0.472. The van der Waals surface area contributed by atoms with Gasteiger partial charge in [-0.15, -0.1) is 11.8 Å². The van der Waals surface area contributed by atoms with E-state index in [4.69, 9.17) is 5.26 Å². The molecule has 1 aliphatic carbocycles. The molecule has 0 heterocycles. The van der Waals surface area contributed by atoms with E-state index in [0.29, 0.717) is 23.8 Å². The zero-order valence-electron chi connectivity index (χ0n) is 15.3. The molecule has 140 valence electrons. The molecule has 1 saturated carbocycles. The van der Waals surface area contributed by atoms with Crippen LogP contribution in [0, 0.1) is 23.2 Å². The number of hydrogen-bond acceptors (Lipinski definition) is 4. The Balaban J connectivity index is 1.82. The van der Waals surface area contributed by atoms with Gasteiger partial charge in [-0.25, -0.2) is 0 Å². The number of rotatable bonds is 8. The minimum atomic E-state index is -0.232. The van der Waals surface area contributed by atoms with Crippen LogP contribution in [0.4, 0.5) is 0 Å². The van der Waals surface area contributed by atoms with Crippen LogP contribution in [0.2, 0.25) is 0 Å². The monoisotopic (exact) mass is 373 g/mol. The van der Waals surface area contributed by atoms with E-state index in [2.05, 4.69) is 16.7 Å². The first-order valence-corrected chi connectivity index (χ1v) is 10.2. The van der Waals surface area contributed by atoms with Crippen molar-refractivity contribution < 1.29 is 9.59 Å². The maximum absolute atomic E-state index is 12.3. The third kappa shape index (κ3) is 6.72. The fourth-order valence-electron chi connectivity index (χ4n) is 3.01. The van der Waals surface area contributed by atoms with Gasteiger partial charge in [-0.3, -0.25) is 9.59 Å². The summed E-state index contributed by atoms with van der Waals surface area (Å²) < 4.78 is 0. The normalized spacial score (nSPS) is 15.7. The lowest BCUT2D eigenvalue weighted by molar-refractivity contribution is -0.118. The van der Waals surface area contributed by atoms with Crippen LogP contribution in [0.15, 0.2) is 29.2 Å². The maximum Gasteiger partial charge on any atom is 0.252 e. The second kappa shape index (κ2) is 10.9. The summed E-state index contributed by atoms with van der Waals surface area (Å²) in [5.41, 5.74) is 0.544. The van der Waals surface area contributed by atoms with E-state index in [1.807, 2.05) is 12.1 Å². The standard InChI is InChI=1S/C20H27N3O2S/c1-15(11-21)12-23-20(25)17-9-5-6-10-18(17)26-14-19(24)22-13-16-7-3-2-4-8-16/h5-6,9-10,15-16H,2-4,7-8,12-14H2,1H3,(H,22,24)(H,23,25). The highest BCUT2D eigenvalue weighted by Gasteiger charge is 2.16. The lowest BCUT2D eigenvalue weighted by Gasteiger charge is -2.21. The Hall–Kier alpha value is -2.00. The second-order valence-electron chi connectivity index (χ2n) is 6.83. The van der Waals surface area contributed by atoms with Gasteiger partial charge in [-0.2, -0.15) is 5.26 Å². The molecule has 26 heavy (non-hydrogen) atoms. The van der Waals surface area contributed by atoms with Crippen molar-refractivity contribution in [3.05, 3.63) is 29.8 Å². The zero-order chi connectivity index (χ0) is 18.8. The molecular weight excluding hydrogens is 346 g/mol. The Kier molecular flexibility index (Phi) is 8.49. The van der Waals surface area contributed by atoms with Gasteiger partial charge >= 0.3 is 0 Å². The molecule has 0 aliphatic heterocycles. The summed E-state index contributed by atoms with van der Waals surface area (Å²) in [7, 11) is 0. The lowest BCUT2D eigenvalue weighted by atomic mass is 9.89. The number of nitrogens with zero attached hydrogens (tertiary/aromatic N) is 1. The topological polar surface area (TPSA) is 82.0 Å². The lowest BCUT2D eigenvalue weighted by Crippen LogP contribution is -2.31. The molecule has 0 radical (unpaired) electrons. The average molecular weight is 374 g/mol. The van der Waals surface area contributed by atoms with Crippen LogP contribution in [-0.2, 0) is 4.79 Å². The van der Waals surface area contributed by atoms with Gasteiger partial charge in [-0.1, -0.05) is 31.4 Å². The van der Waals surface area contributed by atoms with Crippen molar-refractivity contribution in [2.24, 2.45) is 11.8 Å². The summed E-state index contributed by atoms with van der Waals surface area (Å²) in [6.07, 6.45) is 6.26. The number of nitriles is 1. The summed E-state index contributed by atoms with van der Waals surface area (Å²) in [4.78, 5) is 25.2. The van der Waals surface area contributed by atoms with E-state index < -0.39 is 0 Å². The van der Waals surface area contributed by atoms with Crippen molar-refractivity contribution in [2.75, 3.05) is 18.8 Å². The Bertz CT molecular complexity index is 651.